The van der Waals surface area contributed by atoms with Crippen LogP contribution < -0.4 is 9.80 Å². The van der Waals surface area contributed by atoms with Crippen LogP contribution in [0.5, 0.6) is 0 Å². The molecule has 11 aromatic rings. The SMILES string of the molecule is CC1(C)C2=CC(/C=C/c3ccc4c(c3)C3(c5ccccc5-c5ccccc53)c3cc(/C=C/c5ccc6c(c5)C(C)(C)c5cc(N(c7ccccn7)c7ccccn7)ccc5-6)ccc3-4)CC=C2c2ccc(N(c3ccccn3)c3ccccn3)cc21. The number of hydrogen-bond donors (Lipinski definition) is 0. The van der Waals surface area contributed by atoms with Gasteiger partial charge in [-0.3, -0.25) is 9.80 Å². The van der Waals surface area contributed by atoms with Crippen LogP contribution in [0.15, 0.2) is 261 Å². The summed E-state index contributed by atoms with van der Waals surface area (Å²) in [6, 6.07) is 77.4. The average molecular weight is 1090 g/mol. The maximum Gasteiger partial charge on any atom is 0.138 e. The molecule has 1 atom stereocenters. The molecule has 16 rings (SSSR count). The Morgan fingerprint density at radius 1 is 0.365 bits per heavy atom. The quantitative estimate of drug-likeness (QED) is 0.127. The molecular formula is C79H60N6. The number of benzene rings is 7. The molecule has 85 heavy (non-hydrogen) atoms. The normalized spacial score (nSPS) is 16.4. The van der Waals surface area contributed by atoms with Crippen molar-refractivity contribution in [3.05, 3.63) is 322 Å². The second-order valence-electron chi connectivity index (χ2n) is 24.2. The fourth-order valence-corrected chi connectivity index (χ4v) is 14.7. The number of hydrogen-bond acceptors (Lipinski definition) is 6. The zero-order valence-electron chi connectivity index (χ0n) is 47.9. The van der Waals surface area contributed by atoms with E-state index in [1.807, 2.05) is 97.6 Å². The Kier molecular flexibility index (Phi) is 11.5. The van der Waals surface area contributed by atoms with Gasteiger partial charge in [0.15, 0.2) is 0 Å². The summed E-state index contributed by atoms with van der Waals surface area (Å²) in [6.45, 7) is 9.46. The van der Waals surface area contributed by atoms with Crippen molar-refractivity contribution in [2.45, 2.75) is 50.4 Å². The molecule has 6 nitrogen and oxygen atoms in total. The van der Waals surface area contributed by atoms with Crippen molar-refractivity contribution in [3.63, 3.8) is 0 Å². The lowest BCUT2D eigenvalue weighted by Crippen LogP contribution is -2.26. The van der Waals surface area contributed by atoms with Crippen LogP contribution >= 0.6 is 0 Å². The first-order valence-electron chi connectivity index (χ1n) is 29.6. The molecule has 5 aliphatic rings. The topological polar surface area (TPSA) is 58.0 Å². The smallest absolute Gasteiger partial charge is 0.138 e. The van der Waals surface area contributed by atoms with E-state index in [1.54, 1.807) is 0 Å². The molecule has 1 unspecified atom stereocenters. The van der Waals surface area contributed by atoms with Crippen LogP contribution in [-0.4, -0.2) is 19.9 Å². The Labute approximate surface area is 497 Å². The second-order valence-corrected chi connectivity index (χ2v) is 24.2. The van der Waals surface area contributed by atoms with Crippen LogP contribution in [0, 0.1) is 5.92 Å². The van der Waals surface area contributed by atoms with E-state index in [9.17, 15) is 0 Å². The third kappa shape index (κ3) is 7.85. The van der Waals surface area contributed by atoms with Crippen LogP contribution in [0.3, 0.4) is 0 Å². The fraction of sp³-hybridized carbons (Fsp3) is 0.114. The molecule has 0 saturated heterocycles. The first-order valence-corrected chi connectivity index (χ1v) is 29.6. The minimum Gasteiger partial charge on any atom is -0.279 e. The standard InChI is InChI=1S/C79H60N6/c1-77(2)67-45-51(29-35-59(67)61-39-33-55(49-69(61)77)84(73-21-9-13-41-80-73)74-22-10-14-42-81-74)25-27-53-31-37-63-64-38-32-54(48-72(64)79(71(63)47-53)65-19-7-5-17-57(65)58-18-6-8-20-66(58)79)28-26-52-30-36-60-62-40-34-56(50-70(62)78(3,4)68(60)46-52)85(75-23-11-15-43-82-75)76-24-12-16-44-83-76/h5-29,31-50,52H,30H2,1-4H3/b27-25+,28-26+. The van der Waals surface area contributed by atoms with Gasteiger partial charge in [0.05, 0.1) is 5.41 Å². The summed E-state index contributed by atoms with van der Waals surface area (Å²) in [4.78, 5) is 23.3. The lowest BCUT2D eigenvalue weighted by atomic mass is 9.70. The first kappa shape index (κ1) is 50.4. The van der Waals surface area contributed by atoms with E-state index < -0.39 is 5.41 Å². The number of anilines is 6. The third-order valence-electron chi connectivity index (χ3n) is 18.8. The molecule has 0 fully saturated rings. The second kappa shape index (κ2) is 19.4. The number of fused-ring (bicyclic) bond motifs is 16. The zero-order valence-corrected chi connectivity index (χ0v) is 47.9. The molecule has 0 N–H and O–H groups in total. The number of pyridine rings is 4. The minimum atomic E-state index is -0.484. The summed E-state index contributed by atoms with van der Waals surface area (Å²) in [7, 11) is 0. The highest BCUT2D eigenvalue weighted by atomic mass is 15.2. The summed E-state index contributed by atoms with van der Waals surface area (Å²) in [6.07, 6.45) is 22.7. The Bertz CT molecular complexity index is 4510. The molecule has 6 heteroatoms. The predicted octanol–water partition coefficient (Wildman–Crippen LogP) is 19.4. The Morgan fingerprint density at radius 3 is 1.24 bits per heavy atom. The van der Waals surface area contributed by atoms with Crippen molar-refractivity contribution in [2.24, 2.45) is 5.92 Å². The molecule has 4 aromatic heterocycles. The van der Waals surface area contributed by atoms with Crippen LogP contribution in [0.1, 0.15) is 95.3 Å². The summed E-state index contributed by atoms with van der Waals surface area (Å²) in [5, 5.41) is 0. The Morgan fingerprint density at radius 2 is 0.753 bits per heavy atom. The predicted molar refractivity (Wildman–Crippen MR) is 349 cm³/mol. The maximum absolute atomic E-state index is 4.76. The van der Waals surface area contributed by atoms with Gasteiger partial charge in [-0.05, 0) is 203 Å². The van der Waals surface area contributed by atoms with Gasteiger partial charge >= 0.3 is 0 Å². The Hall–Kier alpha value is -10.3. The zero-order chi connectivity index (χ0) is 57.0. The molecule has 0 saturated carbocycles. The van der Waals surface area contributed by atoms with Gasteiger partial charge < -0.3 is 0 Å². The maximum atomic E-state index is 4.76. The molecule has 1 spiro atoms. The van der Waals surface area contributed by atoms with Gasteiger partial charge in [0, 0.05) is 47.0 Å². The number of nitrogens with zero attached hydrogens (tertiary/aromatic N) is 6. The van der Waals surface area contributed by atoms with Crippen molar-refractivity contribution in [1.29, 1.82) is 0 Å². The number of rotatable bonds is 10. The highest BCUT2D eigenvalue weighted by molar-refractivity contribution is 5.97. The van der Waals surface area contributed by atoms with E-state index in [1.165, 1.54) is 106 Å². The largest absolute Gasteiger partial charge is 0.279 e. The Balaban J connectivity index is 0.715. The van der Waals surface area contributed by atoms with Crippen LogP contribution in [0.2, 0.25) is 0 Å². The summed E-state index contributed by atoms with van der Waals surface area (Å²) in [5.41, 5.74) is 25.8. The number of allylic oxidation sites excluding steroid dienone is 5. The van der Waals surface area contributed by atoms with E-state index >= 15 is 0 Å². The molecule has 5 aliphatic carbocycles. The van der Waals surface area contributed by atoms with E-state index in [-0.39, 0.29) is 16.7 Å². The molecule has 7 aromatic carbocycles. The summed E-state index contributed by atoms with van der Waals surface area (Å²) >= 11 is 0. The van der Waals surface area contributed by atoms with Gasteiger partial charge in [0.2, 0.25) is 0 Å². The van der Waals surface area contributed by atoms with Crippen molar-refractivity contribution < 1.29 is 0 Å². The molecule has 406 valence electrons. The van der Waals surface area contributed by atoms with Gasteiger partial charge in [-0.15, -0.1) is 0 Å². The minimum absolute atomic E-state index is 0.200. The van der Waals surface area contributed by atoms with Gasteiger partial charge in [0.1, 0.15) is 23.3 Å². The first-order chi connectivity index (χ1) is 41.6. The number of aromatic nitrogens is 4. The highest BCUT2D eigenvalue weighted by Crippen LogP contribution is 2.63. The van der Waals surface area contributed by atoms with E-state index in [2.05, 4.69) is 213 Å². The van der Waals surface area contributed by atoms with Gasteiger partial charge in [-0.25, -0.2) is 19.9 Å². The van der Waals surface area contributed by atoms with Crippen molar-refractivity contribution in [2.75, 3.05) is 9.80 Å². The summed E-state index contributed by atoms with van der Waals surface area (Å²) < 4.78 is 0. The van der Waals surface area contributed by atoms with Crippen LogP contribution in [-0.2, 0) is 16.2 Å². The molecule has 0 radical (unpaired) electrons. The fourth-order valence-electron chi connectivity index (χ4n) is 14.7. The van der Waals surface area contributed by atoms with Gasteiger partial charge in [-0.1, -0.05) is 192 Å². The van der Waals surface area contributed by atoms with Crippen molar-refractivity contribution >= 4 is 58.4 Å². The van der Waals surface area contributed by atoms with Gasteiger partial charge in [0.25, 0.3) is 0 Å². The average Bonchev–Trinajstić information content (AvgIpc) is 1.64. The van der Waals surface area contributed by atoms with E-state index in [0.29, 0.717) is 0 Å². The third-order valence-corrected chi connectivity index (χ3v) is 18.8. The lowest BCUT2D eigenvalue weighted by Gasteiger charge is -2.31. The van der Waals surface area contributed by atoms with Gasteiger partial charge in [-0.2, -0.15) is 0 Å². The van der Waals surface area contributed by atoms with E-state index in [4.69, 9.17) is 19.9 Å². The summed E-state index contributed by atoms with van der Waals surface area (Å²) in [5.74, 6) is 3.58. The van der Waals surface area contributed by atoms with Crippen LogP contribution in [0.4, 0.5) is 34.6 Å². The molecular weight excluding hydrogens is 1030 g/mol. The molecule has 0 amide bonds. The molecule has 0 bridgehead atoms. The van der Waals surface area contributed by atoms with Crippen LogP contribution in [0.25, 0.3) is 57.2 Å². The van der Waals surface area contributed by atoms with Crippen molar-refractivity contribution in [1.82, 2.24) is 19.9 Å². The molecule has 4 heterocycles. The lowest BCUT2D eigenvalue weighted by molar-refractivity contribution is 0.645. The molecule has 0 aliphatic heterocycles. The monoisotopic (exact) mass is 1090 g/mol. The van der Waals surface area contributed by atoms with E-state index in [0.717, 1.165) is 41.1 Å². The highest BCUT2D eigenvalue weighted by Gasteiger charge is 2.52. The van der Waals surface area contributed by atoms with Crippen molar-refractivity contribution in [3.8, 4) is 33.4 Å².